The van der Waals surface area contributed by atoms with Crippen molar-refractivity contribution in [1.29, 1.82) is 0 Å². The van der Waals surface area contributed by atoms with Crippen LogP contribution in [0.1, 0.15) is 33.9 Å². The number of anilines is 2. The van der Waals surface area contributed by atoms with Crippen LogP contribution in [0.4, 0.5) is 20.5 Å². The zero-order valence-corrected chi connectivity index (χ0v) is 24.7. The summed E-state index contributed by atoms with van der Waals surface area (Å²) in [5, 5.41) is 16.4. The summed E-state index contributed by atoms with van der Waals surface area (Å²) in [6.45, 7) is 1.01. The van der Waals surface area contributed by atoms with E-state index in [-0.39, 0.29) is 28.7 Å². The van der Waals surface area contributed by atoms with Crippen molar-refractivity contribution in [2.45, 2.75) is 63.7 Å². The van der Waals surface area contributed by atoms with E-state index >= 15 is 8.78 Å². The number of carbonyl (C=O) groups is 1. The van der Waals surface area contributed by atoms with Gasteiger partial charge in [-0.25, -0.2) is 18.9 Å². The number of imidazole rings is 1. The van der Waals surface area contributed by atoms with Crippen molar-refractivity contribution in [1.82, 2.24) is 24.6 Å². The fourth-order valence-electron chi connectivity index (χ4n) is 4.15. The Balaban J connectivity index is 1.61. The molecule has 0 radical (unpaired) electrons. The number of aromatic nitrogens is 4. The van der Waals surface area contributed by atoms with E-state index in [9.17, 15) is 9.90 Å². The predicted molar refractivity (Wildman–Crippen MR) is 150 cm³/mol. The number of para-hydroxylation sites is 1. The van der Waals surface area contributed by atoms with Crippen molar-refractivity contribution >= 4 is 47.3 Å². The number of aliphatic hydroxyl groups is 1. The molecule has 0 spiro atoms. The van der Waals surface area contributed by atoms with Gasteiger partial charge in [-0.15, -0.1) is 0 Å². The molecule has 1 aliphatic rings. The number of alkyl halides is 2. The van der Waals surface area contributed by atoms with E-state index in [0.29, 0.717) is 0 Å². The van der Waals surface area contributed by atoms with Crippen LogP contribution in [0.2, 0.25) is 0 Å². The molecule has 4 rings (SSSR count). The molecular formula is C24H32F2N7O6PS. The van der Waals surface area contributed by atoms with Gasteiger partial charge in [0.25, 0.3) is 5.85 Å². The van der Waals surface area contributed by atoms with Crippen molar-refractivity contribution in [2.75, 3.05) is 24.7 Å². The van der Waals surface area contributed by atoms with Crippen LogP contribution in [0.25, 0.3) is 11.2 Å². The Labute approximate surface area is 240 Å². The second-order valence-electron chi connectivity index (χ2n) is 9.83. The number of hydrogen-bond donors (Lipinski definition) is 4. The lowest BCUT2D eigenvalue weighted by Gasteiger charge is -2.30. The molecule has 1 aliphatic heterocycles. The Bertz CT molecular complexity index is 1450. The van der Waals surface area contributed by atoms with Gasteiger partial charge < -0.3 is 34.7 Å². The predicted octanol–water partition coefficient (Wildman–Crippen LogP) is 2.98. The van der Waals surface area contributed by atoms with Crippen LogP contribution in [-0.2, 0) is 30.6 Å². The van der Waals surface area contributed by atoms with Crippen LogP contribution in [0.5, 0.6) is 5.75 Å². The van der Waals surface area contributed by atoms with Crippen LogP contribution < -0.4 is 20.7 Å². The Morgan fingerprint density at radius 2 is 1.98 bits per heavy atom. The van der Waals surface area contributed by atoms with Crippen LogP contribution in [0, 0.1) is 0 Å². The Hall–Kier alpha value is -3.01. The molecule has 6 atom stereocenters. The lowest BCUT2D eigenvalue weighted by Crippen LogP contribution is -2.47. The molecular weight excluding hydrogens is 583 g/mol. The highest BCUT2D eigenvalue weighted by molar-refractivity contribution is 8.09. The standard InChI is InChI=1S/C24H32F2N7O6PS/c1-13(2)37-19(34)14(3)32-40(41,39-15-9-7-6-8-10-15)36-11-24(26)20(35)23(4,25)21(38-24)33-12-29-16-17(28-5)30-22(27)31-18(16)33/h6-10,12-14,20-21,35H,11H2,1-5H3,(H,32,41)(H3,27,28,30,31)/t14-,20-,21+,23+,24+,40?/m0/s1. The third kappa shape index (κ3) is 6.42. The first-order valence-corrected chi connectivity index (χ1v) is 15.2. The van der Waals surface area contributed by atoms with Crippen molar-refractivity contribution in [2.24, 2.45) is 0 Å². The number of ether oxygens (including phenoxy) is 2. The van der Waals surface area contributed by atoms with Gasteiger partial charge in [0.15, 0.2) is 35.0 Å². The summed E-state index contributed by atoms with van der Waals surface area (Å²) in [4.78, 5) is 24.7. The molecule has 1 aromatic carbocycles. The number of carbonyl (C=O) groups excluding carboxylic acids is 1. The monoisotopic (exact) mass is 615 g/mol. The average molecular weight is 616 g/mol. The summed E-state index contributed by atoms with van der Waals surface area (Å²) >= 11 is 5.58. The smallest absolute Gasteiger partial charge is 0.323 e. The molecule has 41 heavy (non-hydrogen) atoms. The quantitative estimate of drug-likeness (QED) is 0.184. The van der Waals surface area contributed by atoms with Crippen LogP contribution in [-0.4, -0.2) is 74.0 Å². The van der Waals surface area contributed by atoms with Gasteiger partial charge in [0.2, 0.25) is 5.95 Å². The molecule has 1 fully saturated rings. The molecule has 0 amide bonds. The lowest BCUT2D eigenvalue weighted by atomic mass is 9.97. The minimum atomic E-state index is -3.73. The van der Waals surface area contributed by atoms with Crippen molar-refractivity contribution < 1.29 is 37.2 Å². The number of aliphatic hydroxyl groups excluding tert-OH is 1. The normalized spacial score (nSPS) is 26.6. The molecule has 0 aliphatic carbocycles. The summed E-state index contributed by atoms with van der Waals surface area (Å²) in [5.41, 5.74) is 3.35. The SMILES string of the molecule is CNc1nc(N)nc2c1ncn2[C@@H]1O[C@](F)(COP(=S)(N[C@@H](C)C(=O)OC(C)C)Oc2ccccc2)[C@@H](O)[C@@]1(C)F. The maximum Gasteiger partial charge on any atom is 0.323 e. The van der Waals surface area contributed by atoms with Gasteiger partial charge in [0.1, 0.15) is 18.4 Å². The van der Waals surface area contributed by atoms with Crippen molar-refractivity contribution in [3.05, 3.63) is 36.7 Å². The fourth-order valence-corrected chi connectivity index (χ4v) is 6.55. The molecule has 1 unspecified atom stereocenters. The fraction of sp³-hybridized carbons (Fsp3) is 0.500. The average Bonchev–Trinajstić information content (AvgIpc) is 3.39. The molecule has 0 bridgehead atoms. The first kappa shape index (κ1) is 30.9. The topological polar surface area (TPSA) is 168 Å². The number of rotatable bonds is 11. The van der Waals surface area contributed by atoms with Gasteiger partial charge in [-0.2, -0.15) is 9.97 Å². The Kier molecular flexibility index (Phi) is 8.83. The number of hydrogen-bond acceptors (Lipinski definition) is 12. The van der Waals surface area contributed by atoms with E-state index in [0.717, 1.165) is 11.5 Å². The molecule has 17 heteroatoms. The van der Waals surface area contributed by atoms with Gasteiger partial charge in [-0.1, -0.05) is 18.2 Å². The summed E-state index contributed by atoms with van der Waals surface area (Å²) in [6.07, 6.45) is -3.31. The highest BCUT2D eigenvalue weighted by Gasteiger charge is 2.65. The molecule has 13 nitrogen and oxygen atoms in total. The number of nitrogens with one attached hydrogen (secondary N) is 2. The van der Waals surface area contributed by atoms with E-state index in [2.05, 4.69) is 25.4 Å². The van der Waals surface area contributed by atoms with E-state index < -0.39 is 55.2 Å². The maximum atomic E-state index is 16.3. The third-order valence-corrected chi connectivity index (χ3v) is 8.60. The third-order valence-electron chi connectivity index (χ3n) is 6.12. The number of nitrogens with two attached hydrogens (primary N) is 1. The molecule has 2 aromatic heterocycles. The highest BCUT2D eigenvalue weighted by Crippen LogP contribution is 2.52. The zero-order chi connectivity index (χ0) is 30.2. The number of nitrogen functional groups attached to an aromatic ring is 1. The van der Waals surface area contributed by atoms with Crippen molar-refractivity contribution in [3.63, 3.8) is 0 Å². The van der Waals surface area contributed by atoms with Gasteiger partial charge in [-0.3, -0.25) is 9.36 Å². The Morgan fingerprint density at radius 3 is 2.61 bits per heavy atom. The number of fused-ring (bicyclic) bond motifs is 1. The first-order valence-electron chi connectivity index (χ1n) is 12.6. The summed E-state index contributed by atoms with van der Waals surface area (Å²) in [5.74, 6) is -3.37. The van der Waals surface area contributed by atoms with Crippen molar-refractivity contribution in [3.8, 4) is 5.75 Å². The highest BCUT2D eigenvalue weighted by atomic mass is 32.5. The number of benzene rings is 1. The number of nitrogens with zero attached hydrogens (tertiary/aromatic N) is 4. The summed E-state index contributed by atoms with van der Waals surface area (Å²) < 4.78 is 55.6. The van der Waals surface area contributed by atoms with Gasteiger partial charge in [-0.05, 0) is 51.6 Å². The van der Waals surface area contributed by atoms with Crippen LogP contribution >= 0.6 is 6.64 Å². The summed E-state index contributed by atoms with van der Waals surface area (Å²) in [7, 11) is 1.58. The Morgan fingerprint density at radius 1 is 1.29 bits per heavy atom. The van der Waals surface area contributed by atoms with Gasteiger partial charge in [0.05, 0.1) is 12.4 Å². The second kappa shape index (κ2) is 11.7. The molecule has 3 heterocycles. The van der Waals surface area contributed by atoms with Crippen LogP contribution in [0.15, 0.2) is 36.7 Å². The molecule has 3 aromatic rings. The molecule has 224 valence electrons. The van der Waals surface area contributed by atoms with Crippen LogP contribution in [0.3, 0.4) is 0 Å². The van der Waals surface area contributed by atoms with E-state index in [1.165, 1.54) is 13.3 Å². The molecule has 5 N–H and O–H groups in total. The minimum absolute atomic E-state index is 0.0461. The van der Waals surface area contributed by atoms with E-state index in [4.69, 9.17) is 36.1 Å². The second-order valence-corrected chi connectivity index (χ2v) is 13.0. The lowest BCUT2D eigenvalue weighted by molar-refractivity contribution is -0.202. The largest absolute Gasteiger partial charge is 0.462 e. The van der Waals surface area contributed by atoms with Gasteiger partial charge in [0, 0.05) is 7.05 Å². The molecule has 1 saturated heterocycles. The number of halogens is 2. The van der Waals surface area contributed by atoms with E-state index in [1.54, 1.807) is 51.2 Å². The number of esters is 1. The summed E-state index contributed by atoms with van der Waals surface area (Å²) in [6, 6.07) is 7.25. The van der Waals surface area contributed by atoms with Gasteiger partial charge >= 0.3 is 12.6 Å². The van der Waals surface area contributed by atoms with E-state index in [1.807, 2.05) is 0 Å². The zero-order valence-electron chi connectivity index (χ0n) is 22.9. The minimum Gasteiger partial charge on any atom is -0.462 e. The first-order chi connectivity index (χ1) is 19.2. The maximum absolute atomic E-state index is 16.3. The molecule has 0 saturated carbocycles.